The van der Waals surface area contributed by atoms with E-state index >= 15 is 0 Å². The molecule has 2 aromatic rings. The molecule has 2 aromatic carbocycles. The predicted molar refractivity (Wildman–Crippen MR) is 120 cm³/mol. The minimum Gasteiger partial charge on any atom is -0.370 e. The van der Waals surface area contributed by atoms with Crippen molar-refractivity contribution in [2.24, 2.45) is 10.7 Å². The van der Waals surface area contributed by atoms with Crippen LogP contribution >= 0.6 is 24.0 Å². The van der Waals surface area contributed by atoms with Crippen molar-refractivity contribution < 1.29 is 4.79 Å². The van der Waals surface area contributed by atoms with Gasteiger partial charge in [0.2, 0.25) is 5.91 Å². The van der Waals surface area contributed by atoms with E-state index in [1.165, 1.54) is 5.56 Å². The molecule has 0 saturated carbocycles. The monoisotopic (exact) mass is 466 g/mol. The van der Waals surface area contributed by atoms with Crippen molar-refractivity contribution in [1.82, 2.24) is 0 Å². The van der Waals surface area contributed by atoms with E-state index in [9.17, 15) is 4.79 Å². The largest absolute Gasteiger partial charge is 0.370 e. The molecule has 0 unspecified atom stereocenters. The first-order chi connectivity index (χ1) is 12.1. The highest BCUT2D eigenvalue weighted by atomic mass is 127. The van der Waals surface area contributed by atoms with Gasteiger partial charge in [-0.2, -0.15) is 0 Å². The number of carbonyl (C=O) groups is 1. The fraction of sp³-hybridized carbons (Fsp3) is 0.300. The van der Waals surface area contributed by atoms with Crippen LogP contribution in [0.4, 0.5) is 11.4 Å². The molecule has 140 valence electrons. The van der Waals surface area contributed by atoms with Gasteiger partial charge in [0, 0.05) is 17.8 Å². The average molecular weight is 466 g/mol. The number of hydrogen-bond donors (Lipinski definition) is 3. The van der Waals surface area contributed by atoms with Crippen LogP contribution < -0.4 is 16.4 Å². The number of benzene rings is 2. The van der Waals surface area contributed by atoms with Crippen LogP contribution in [0.5, 0.6) is 0 Å². The zero-order valence-electron chi connectivity index (χ0n) is 15.3. The number of anilines is 2. The molecule has 5 nitrogen and oxygen atoms in total. The Labute approximate surface area is 172 Å². The van der Waals surface area contributed by atoms with Crippen LogP contribution in [0, 0.1) is 0 Å². The molecule has 4 N–H and O–H groups in total. The number of aliphatic imine (C=N–C) groups is 1. The van der Waals surface area contributed by atoms with E-state index in [0.717, 1.165) is 29.8 Å². The maximum Gasteiger partial charge on any atom is 0.224 e. The van der Waals surface area contributed by atoms with Gasteiger partial charge in [0.15, 0.2) is 5.96 Å². The van der Waals surface area contributed by atoms with Crippen molar-refractivity contribution in [1.29, 1.82) is 0 Å². The molecule has 0 radical (unpaired) electrons. The normalized spacial score (nSPS) is 10.8. The number of rotatable bonds is 7. The van der Waals surface area contributed by atoms with E-state index < -0.39 is 0 Å². The second-order valence-corrected chi connectivity index (χ2v) is 5.87. The second kappa shape index (κ2) is 11.5. The lowest BCUT2D eigenvalue weighted by Gasteiger charge is -2.07. The fourth-order valence-electron chi connectivity index (χ4n) is 2.33. The first-order valence-electron chi connectivity index (χ1n) is 8.65. The molecular formula is C20H27IN4O. The van der Waals surface area contributed by atoms with Gasteiger partial charge < -0.3 is 16.4 Å². The number of nitrogens with zero attached hydrogens (tertiary/aromatic N) is 1. The number of halogens is 1. The predicted octanol–water partition coefficient (Wildman–Crippen LogP) is 4.53. The maximum absolute atomic E-state index is 11.6. The summed E-state index contributed by atoms with van der Waals surface area (Å²) in [4.78, 5) is 15.9. The third-order valence-corrected chi connectivity index (χ3v) is 3.78. The van der Waals surface area contributed by atoms with Crippen molar-refractivity contribution in [2.75, 3.05) is 10.6 Å². The van der Waals surface area contributed by atoms with Crippen LogP contribution in [0.1, 0.15) is 37.8 Å². The van der Waals surface area contributed by atoms with Crippen LogP contribution in [-0.4, -0.2) is 11.9 Å². The molecule has 1 amide bonds. The van der Waals surface area contributed by atoms with Gasteiger partial charge in [0.1, 0.15) is 0 Å². The highest BCUT2D eigenvalue weighted by Crippen LogP contribution is 2.12. The summed E-state index contributed by atoms with van der Waals surface area (Å²) in [7, 11) is 0. The van der Waals surface area contributed by atoms with E-state index in [0.29, 0.717) is 18.9 Å². The molecule has 0 atom stereocenters. The number of nitrogens with two attached hydrogens (primary N) is 1. The molecule has 0 bridgehead atoms. The third kappa shape index (κ3) is 7.43. The number of carbonyl (C=O) groups excluding carboxylic acids is 1. The van der Waals surface area contributed by atoms with E-state index in [2.05, 4.69) is 34.7 Å². The SMILES string of the molecule is CCCC(=O)Nc1ccc(CN=C(N)Nc2ccc(CC)cc2)cc1.I. The Morgan fingerprint density at radius 1 is 0.923 bits per heavy atom. The summed E-state index contributed by atoms with van der Waals surface area (Å²) in [5.74, 6) is 0.417. The van der Waals surface area contributed by atoms with E-state index in [1.54, 1.807) is 0 Å². The molecule has 0 aliphatic heterocycles. The summed E-state index contributed by atoms with van der Waals surface area (Å²) in [6.07, 6.45) is 2.39. The Hall–Kier alpha value is -2.09. The molecule has 0 spiro atoms. The summed E-state index contributed by atoms with van der Waals surface area (Å²) >= 11 is 0. The van der Waals surface area contributed by atoms with Crippen molar-refractivity contribution in [2.45, 2.75) is 39.7 Å². The first kappa shape index (κ1) is 22.0. The van der Waals surface area contributed by atoms with Crippen LogP contribution in [0.15, 0.2) is 53.5 Å². The fourth-order valence-corrected chi connectivity index (χ4v) is 2.33. The molecule has 0 saturated heterocycles. The molecule has 2 rings (SSSR count). The highest BCUT2D eigenvalue weighted by molar-refractivity contribution is 14.0. The van der Waals surface area contributed by atoms with E-state index in [1.807, 2.05) is 43.3 Å². The zero-order valence-corrected chi connectivity index (χ0v) is 17.6. The summed E-state index contributed by atoms with van der Waals surface area (Å²) < 4.78 is 0. The van der Waals surface area contributed by atoms with Crippen molar-refractivity contribution in [3.8, 4) is 0 Å². The molecule has 6 heteroatoms. The topological polar surface area (TPSA) is 79.5 Å². The average Bonchev–Trinajstić information content (AvgIpc) is 2.62. The van der Waals surface area contributed by atoms with Crippen molar-refractivity contribution >= 4 is 47.2 Å². The molecule has 0 aromatic heterocycles. The molecule has 0 aliphatic carbocycles. The maximum atomic E-state index is 11.6. The minimum atomic E-state index is 0. The van der Waals surface area contributed by atoms with Crippen LogP contribution in [0.3, 0.4) is 0 Å². The van der Waals surface area contributed by atoms with E-state index in [-0.39, 0.29) is 29.9 Å². The van der Waals surface area contributed by atoms with Crippen molar-refractivity contribution in [3.05, 3.63) is 59.7 Å². The molecule has 0 heterocycles. The van der Waals surface area contributed by atoms with Gasteiger partial charge in [-0.3, -0.25) is 4.79 Å². The van der Waals surface area contributed by atoms with Crippen molar-refractivity contribution in [3.63, 3.8) is 0 Å². The van der Waals surface area contributed by atoms with Gasteiger partial charge in [-0.25, -0.2) is 4.99 Å². The van der Waals surface area contributed by atoms with Gasteiger partial charge in [-0.15, -0.1) is 24.0 Å². The Balaban J connectivity index is 0.00000338. The van der Waals surface area contributed by atoms with Crippen LogP contribution in [0.25, 0.3) is 0 Å². The molecule has 0 aliphatic rings. The number of guanidine groups is 1. The molecule has 26 heavy (non-hydrogen) atoms. The summed E-state index contributed by atoms with van der Waals surface area (Å²) in [5, 5.41) is 5.95. The number of amides is 1. The van der Waals surface area contributed by atoms with Gasteiger partial charge in [-0.05, 0) is 48.2 Å². The first-order valence-corrected chi connectivity index (χ1v) is 8.65. The Bertz CT molecular complexity index is 712. The van der Waals surface area contributed by atoms with Gasteiger partial charge in [-0.1, -0.05) is 38.1 Å². The Morgan fingerprint density at radius 3 is 2.00 bits per heavy atom. The zero-order chi connectivity index (χ0) is 18.1. The Morgan fingerprint density at radius 2 is 1.46 bits per heavy atom. The lowest BCUT2D eigenvalue weighted by Crippen LogP contribution is -2.22. The Kier molecular flexibility index (Phi) is 9.72. The quantitative estimate of drug-likeness (QED) is 0.319. The highest BCUT2D eigenvalue weighted by Gasteiger charge is 2.01. The standard InChI is InChI=1S/C20H26N4O.HI/c1-3-5-19(25)23-17-12-8-16(9-13-17)14-22-20(21)24-18-10-6-15(4-2)7-11-18;/h6-13H,3-5,14H2,1-2H3,(H,23,25)(H3,21,22,24);1H. The summed E-state index contributed by atoms with van der Waals surface area (Å²) in [6, 6.07) is 15.8. The van der Waals surface area contributed by atoms with Crippen LogP contribution in [-0.2, 0) is 17.8 Å². The number of aryl methyl sites for hydroxylation is 1. The van der Waals surface area contributed by atoms with Crippen LogP contribution in [0.2, 0.25) is 0 Å². The second-order valence-electron chi connectivity index (χ2n) is 5.87. The van der Waals surface area contributed by atoms with E-state index in [4.69, 9.17) is 5.73 Å². The minimum absolute atomic E-state index is 0. The molecular weight excluding hydrogens is 439 g/mol. The summed E-state index contributed by atoms with van der Waals surface area (Å²) in [5.41, 5.74) is 9.97. The van der Waals surface area contributed by atoms with Gasteiger partial charge in [0.05, 0.1) is 6.54 Å². The van der Waals surface area contributed by atoms with Gasteiger partial charge in [0.25, 0.3) is 0 Å². The summed E-state index contributed by atoms with van der Waals surface area (Å²) in [6.45, 7) is 4.59. The molecule has 0 fully saturated rings. The third-order valence-electron chi connectivity index (χ3n) is 3.78. The lowest BCUT2D eigenvalue weighted by molar-refractivity contribution is -0.116. The smallest absolute Gasteiger partial charge is 0.224 e. The number of nitrogens with one attached hydrogen (secondary N) is 2. The van der Waals surface area contributed by atoms with Gasteiger partial charge >= 0.3 is 0 Å². The lowest BCUT2D eigenvalue weighted by atomic mass is 10.1. The number of hydrogen-bond acceptors (Lipinski definition) is 2.